The van der Waals surface area contributed by atoms with Gasteiger partial charge >= 0.3 is 5.97 Å². The zero-order valence-corrected chi connectivity index (χ0v) is 11.3. The number of carbonyl (C=O) groups is 1. The fourth-order valence-corrected chi connectivity index (χ4v) is 1.69. The summed E-state index contributed by atoms with van der Waals surface area (Å²) in [5, 5.41) is 0.420. The highest BCUT2D eigenvalue weighted by Crippen LogP contribution is 2.15. The summed E-state index contributed by atoms with van der Waals surface area (Å²) in [6.07, 6.45) is 3.59. The highest BCUT2D eigenvalue weighted by molar-refractivity contribution is 6.29. The Kier molecular flexibility index (Phi) is 5.65. The predicted octanol–water partition coefficient (Wildman–Crippen LogP) is 2.46. The molecule has 98 valence electrons. The van der Waals surface area contributed by atoms with Crippen LogP contribution in [0, 0.1) is 0 Å². The van der Waals surface area contributed by atoms with Gasteiger partial charge in [0.2, 0.25) is 0 Å². The molecule has 0 aliphatic carbocycles. The van der Waals surface area contributed by atoms with Crippen LogP contribution < -0.4 is 5.73 Å². The Hall–Kier alpha value is -1.55. The lowest BCUT2D eigenvalue weighted by molar-refractivity contribution is -0.136. The lowest BCUT2D eigenvalue weighted by Crippen LogP contribution is -2.15. The Balaban J connectivity index is 2.95. The number of pyridine rings is 1. The molecule has 2 N–H and O–H groups in total. The molecular formula is C13H17ClN2O2. The summed E-state index contributed by atoms with van der Waals surface area (Å²) in [5.41, 5.74) is 7.85. The maximum atomic E-state index is 11.7. The third-order valence-corrected chi connectivity index (χ3v) is 2.73. The largest absolute Gasteiger partial charge is 0.466 e. The fourth-order valence-electron chi connectivity index (χ4n) is 1.58. The van der Waals surface area contributed by atoms with Crippen molar-refractivity contribution in [2.75, 3.05) is 7.11 Å². The van der Waals surface area contributed by atoms with Crippen LogP contribution in [0.5, 0.6) is 0 Å². The third kappa shape index (κ3) is 4.04. The van der Waals surface area contributed by atoms with Gasteiger partial charge in [0.05, 0.1) is 12.7 Å². The number of rotatable bonds is 5. The van der Waals surface area contributed by atoms with Crippen molar-refractivity contribution < 1.29 is 9.53 Å². The van der Waals surface area contributed by atoms with Crippen molar-refractivity contribution in [2.45, 2.75) is 26.2 Å². The zero-order chi connectivity index (χ0) is 13.5. The first-order chi connectivity index (χ1) is 8.58. The highest BCUT2D eigenvalue weighted by atomic mass is 35.5. The number of hydrogen-bond acceptors (Lipinski definition) is 4. The third-order valence-electron chi connectivity index (χ3n) is 2.51. The first-order valence-electron chi connectivity index (χ1n) is 5.74. The Labute approximate surface area is 112 Å². The van der Waals surface area contributed by atoms with E-state index in [1.54, 1.807) is 12.3 Å². The van der Waals surface area contributed by atoms with Gasteiger partial charge in [0, 0.05) is 18.3 Å². The predicted molar refractivity (Wildman–Crippen MR) is 71.1 cm³/mol. The second-order valence-electron chi connectivity index (χ2n) is 3.91. The molecule has 0 bridgehead atoms. The van der Waals surface area contributed by atoms with Gasteiger partial charge in [-0.1, -0.05) is 31.0 Å². The molecule has 1 aromatic heterocycles. The van der Waals surface area contributed by atoms with E-state index in [1.807, 2.05) is 13.0 Å². The molecule has 0 fully saturated rings. The normalized spacial score (nSPS) is 11.9. The van der Waals surface area contributed by atoms with Crippen LogP contribution in [0.3, 0.4) is 0 Å². The molecule has 1 rings (SSSR count). The second kappa shape index (κ2) is 7.01. The van der Waals surface area contributed by atoms with E-state index in [1.165, 1.54) is 7.11 Å². The van der Waals surface area contributed by atoms with Crippen LogP contribution >= 0.6 is 11.6 Å². The van der Waals surface area contributed by atoms with Crippen LogP contribution in [0.2, 0.25) is 5.15 Å². The van der Waals surface area contributed by atoms with E-state index < -0.39 is 5.97 Å². The number of nitrogens with zero attached hydrogens (tertiary/aromatic N) is 1. The number of allylic oxidation sites excluding steroid dienone is 1. The van der Waals surface area contributed by atoms with E-state index in [0.717, 1.165) is 12.0 Å². The van der Waals surface area contributed by atoms with E-state index in [4.69, 9.17) is 22.1 Å². The first kappa shape index (κ1) is 14.5. The highest BCUT2D eigenvalue weighted by Gasteiger charge is 2.14. The summed E-state index contributed by atoms with van der Waals surface area (Å²) in [5.74, 6) is -0.393. The fraction of sp³-hybridized carbons (Fsp3) is 0.385. The van der Waals surface area contributed by atoms with Crippen LogP contribution in [0.1, 0.15) is 25.3 Å². The van der Waals surface area contributed by atoms with Crippen molar-refractivity contribution in [3.8, 4) is 0 Å². The molecule has 0 atom stereocenters. The number of hydrogen-bond donors (Lipinski definition) is 1. The van der Waals surface area contributed by atoms with Gasteiger partial charge in [-0.05, 0) is 18.1 Å². The van der Waals surface area contributed by atoms with Crippen LogP contribution in [0.4, 0.5) is 0 Å². The van der Waals surface area contributed by atoms with Crippen molar-refractivity contribution >= 4 is 17.6 Å². The second-order valence-corrected chi connectivity index (χ2v) is 4.30. The number of esters is 1. The summed E-state index contributed by atoms with van der Waals surface area (Å²) in [4.78, 5) is 15.7. The number of methoxy groups -OCH3 is 1. The number of carbonyl (C=O) groups excluding carboxylic acids is 1. The molecule has 4 nitrogen and oxygen atoms in total. The van der Waals surface area contributed by atoms with Crippen LogP contribution in [0.15, 0.2) is 29.6 Å². The Morgan fingerprint density at radius 2 is 2.22 bits per heavy atom. The molecule has 1 aromatic rings. The molecule has 0 amide bonds. The Morgan fingerprint density at radius 3 is 2.72 bits per heavy atom. The maximum absolute atomic E-state index is 11.7. The van der Waals surface area contributed by atoms with Gasteiger partial charge in [-0.3, -0.25) is 0 Å². The summed E-state index contributed by atoms with van der Waals surface area (Å²) in [6.45, 7) is 2.01. The molecule has 0 unspecified atom stereocenters. The van der Waals surface area contributed by atoms with Crippen molar-refractivity contribution in [2.24, 2.45) is 5.73 Å². The van der Waals surface area contributed by atoms with Gasteiger partial charge in [-0.15, -0.1) is 0 Å². The van der Waals surface area contributed by atoms with Crippen molar-refractivity contribution in [3.05, 3.63) is 40.3 Å². The molecule has 1 heterocycles. The molecule has 18 heavy (non-hydrogen) atoms. The van der Waals surface area contributed by atoms with Gasteiger partial charge in [-0.2, -0.15) is 0 Å². The molecule has 0 radical (unpaired) electrons. The summed E-state index contributed by atoms with van der Waals surface area (Å²) < 4.78 is 4.75. The van der Waals surface area contributed by atoms with E-state index in [-0.39, 0.29) is 0 Å². The van der Waals surface area contributed by atoms with Crippen molar-refractivity contribution in [3.63, 3.8) is 0 Å². The number of aromatic nitrogens is 1. The zero-order valence-electron chi connectivity index (χ0n) is 10.6. The average molecular weight is 269 g/mol. The maximum Gasteiger partial charge on any atom is 0.335 e. The van der Waals surface area contributed by atoms with Gasteiger partial charge in [-0.25, -0.2) is 9.78 Å². The van der Waals surface area contributed by atoms with Crippen molar-refractivity contribution in [1.82, 2.24) is 4.98 Å². The quantitative estimate of drug-likeness (QED) is 0.506. The molecule has 0 spiro atoms. The minimum absolute atomic E-state index is 0.393. The molecule has 0 saturated carbocycles. The minimum atomic E-state index is -0.393. The SMILES string of the molecule is CCC/C(N)=C(/Cc1ccc(Cl)nc1)C(=O)OC. The summed E-state index contributed by atoms with van der Waals surface area (Å²) >= 11 is 5.71. The molecule has 0 aliphatic heterocycles. The Bertz CT molecular complexity index is 441. The van der Waals surface area contributed by atoms with E-state index in [2.05, 4.69) is 4.98 Å². The molecule has 0 aromatic carbocycles. The molecule has 0 aliphatic rings. The summed E-state index contributed by atoms with van der Waals surface area (Å²) in [7, 11) is 1.35. The van der Waals surface area contributed by atoms with E-state index in [9.17, 15) is 4.79 Å². The van der Waals surface area contributed by atoms with Gasteiger partial charge < -0.3 is 10.5 Å². The molecule has 5 heteroatoms. The molecular weight excluding hydrogens is 252 g/mol. The number of nitrogens with two attached hydrogens (primary N) is 1. The monoisotopic (exact) mass is 268 g/mol. The van der Waals surface area contributed by atoms with Gasteiger partial charge in [0.25, 0.3) is 0 Å². The van der Waals surface area contributed by atoms with Gasteiger partial charge in [0.1, 0.15) is 5.15 Å². The van der Waals surface area contributed by atoms with Crippen LogP contribution in [-0.4, -0.2) is 18.1 Å². The Morgan fingerprint density at radius 1 is 1.50 bits per heavy atom. The lowest BCUT2D eigenvalue weighted by Gasteiger charge is -2.09. The summed E-state index contributed by atoms with van der Waals surface area (Å²) in [6, 6.07) is 3.50. The van der Waals surface area contributed by atoms with Crippen LogP contribution in [-0.2, 0) is 16.0 Å². The van der Waals surface area contributed by atoms with Gasteiger partial charge in [0.15, 0.2) is 0 Å². The van der Waals surface area contributed by atoms with E-state index in [0.29, 0.717) is 29.3 Å². The smallest absolute Gasteiger partial charge is 0.335 e. The number of ether oxygens (including phenoxy) is 1. The topological polar surface area (TPSA) is 65.2 Å². The van der Waals surface area contributed by atoms with E-state index >= 15 is 0 Å². The minimum Gasteiger partial charge on any atom is -0.466 e. The standard InChI is InChI=1S/C13H17ClN2O2/c1-3-4-11(15)10(13(17)18-2)7-9-5-6-12(14)16-8-9/h5-6,8H,3-4,7,15H2,1-2H3/b11-10+. The first-order valence-corrected chi connectivity index (χ1v) is 6.12. The lowest BCUT2D eigenvalue weighted by atomic mass is 10.0. The van der Waals surface area contributed by atoms with Crippen LogP contribution in [0.25, 0.3) is 0 Å². The molecule has 0 saturated heterocycles. The average Bonchev–Trinajstić information content (AvgIpc) is 2.37. The number of halogens is 1. The van der Waals surface area contributed by atoms with Crippen molar-refractivity contribution in [1.29, 1.82) is 0 Å².